The molecule has 2 fully saturated rings. The molecule has 8 nitrogen and oxygen atoms in total. The molecule has 44 heavy (non-hydrogen) atoms. The number of carbonyl (C=O) groups is 3. The predicted molar refractivity (Wildman–Crippen MR) is 165 cm³/mol. The van der Waals surface area contributed by atoms with Crippen molar-refractivity contribution >= 4 is 28.6 Å². The highest BCUT2D eigenvalue weighted by atomic mass is 19.1. The fourth-order valence-corrected chi connectivity index (χ4v) is 6.10. The summed E-state index contributed by atoms with van der Waals surface area (Å²) in [4.78, 5) is 44.6. The van der Waals surface area contributed by atoms with E-state index in [4.69, 9.17) is 6.42 Å². The molecule has 2 saturated heterocycles. The third-order valence-electron chi connectivity index (χ3n) is 8.22. The van der Waals surface area contributed by atoms with Crippen LogP contribution in [0.3, 0.4) is 0 Å². The number of amides is 4. The SMILES string of the molecule is C#CCN(C(=O)NCc1ccccc1)N1CC(=O)N2[C@@H](Cc3ccc(F)cc3)C(=O)N(Cc3cccc4ccccc34)C[C@@H]21. The molecule has 4 aromatic rings. The highest BCUT2D eigenvalue weighted by Crippen LogP contribution is 2.31. The first-order valence-electron chi connectivity index (χ1n) is 14.5. The lowest BCUT2D eigenvalue weighted by molar-refractivity contribution is -0.157. The van der Waals surface area contributed by atoms with Crippen LogP contribution >= 0.6 is 0 Å². The van der Waals surface area contributed by atoms with E-state index < -0.39 is 18.2 Å². The number of hydrogen-bond acceptors (Lipinski definition) is 4. The molecule has 2 aliphatic rings. The Kier molecular flexibility index (Phi) is 8.26. The molecule has 9 heteroatoms. The summed E-state index contributed by atoms with van der Waals surface area (Å²) >= 11 is 0. The van der Waals surface area contributed by atoms with E-state index in [-0.39, 0.29) is 50.2 Å². The van der Waals surface area contributed by atoms with Crippen molar-refractivity contribution in [3.8, 4) is 12.3 Å². The molecule has 222 valence electrons. The van der Waals surface area contributed by atoms with Gasteiger partial charge in [0.1, 0.15) is 18.0 Å². The maximum Gasteiger partial charge on any atom is 0.333 e. The quantitative estimate of drug-likeness (QED) is 0.313. The Balaban J connectivity index is 1.32. The fraction of sp³-hybridized carbons (Fsp3) is 0.229. The molecule has 1 N–H and O–H groups in total. The second kappa shape index (κ2) is 12.6. The van der Waals surface area contributed by atoms with Crippen LogP contribution in [0.4, 0.5) is 9.18 Å². The molecule has 0 unspecified atom stereocenters. The van der Waals surface area contributed by atoms with E-state index >= 15 is 0 Å². The lowest BCUT2D eigenvalue weighted by atomic mass is 9.99. The number of nitrogens with one attached hydrogen (secondary N) is 1. The first kappa shape index (κ1) is 28.9. The Morgan fingerprint density at radius 1 is 0.932 bits per heavy atom. The summed E-state index contributed by atoms with van der Waals surface area (Å²) in [5.41, 5.74) is 2.62. The average molecular weight is 590 g/mol. The van der Waals surface area contributed by atoms with Gasteiger partial charge in [-0.3, -0.25) is 9.59 Å². The number of rotatable bonds is 8. The summed E-state index contributed by atoms with van der Waals surface area (Å²) in [6.45, 7) is 0.622. The van der Waals surface area contributed by atoms with E-state index in [1.165, 1.54) is 17.1 Å². The summed E-state index contributed by atoms with van der Waals surface area (Å²) in [7, 11) is 0. The molecular formula is C35H32FN5O3. The number of terminal acetylenes is 1. The van der Waals surface area contributed by atoms with Gasteiger partial charge in [-0.1, -0.05) is 90.8 Å². The standard InChI is InChI=1S/C35H32FN5O3/c1-2-19-39(35(44)37-21-26-9-4-3-5-10-26)40-24-33(42)41-31(20-25-15-17-29(36)18-16-25)34(43)38(23-32(40)41)22-28-13-8-12-27-11-6-7-14-30(27)28/h1,3-18,31-32H,19-24H2,(H,37,44)/t31-,32+/m0/s1. The van der Waals surface area contributed by atoms with E-state index in [1.807, 2.05) is 72.8 Å². The van der Waals surface area contributed by atoms with Gasteiger partial charge in [0.05, 0.1) is 19.6 Å². The van der Waals surface area contributed by atoms with Crippen LogP contribution in [-0.2, 0) is 29.1 Å². The molecule has 0 aromatic heterocycles. The Morgan fingerprint density at radius 3 is 2.43 bits per heavy atom. The molecule has 0 aliphatic carbocycles. The van der Waals surface area contributed by atoms with E-state index in [1.54, 1.807) is 26.9 Å². The zero-order valence-electron chi connectivity index (χ0n) is 24.1. The molecular weight excluding hydrogens is 557 g/mol. The summed E-state index contributed by atoms with van der Waals surface area (Å²) in [5.74, 6) is 1.68. The highest BCUT2D eigenvalue weighted by molar-refractivity contribution is 5.92. The van der Waals surface area contributed by atoms with Gasteiger partial charge in [0.15, 0.2) is 0 Å². The van der Waals surface area contributed by atoms with Crippen LogP contribution in [0.2, 0.25) is 0 Å². The largest absolute Gasteiger partial charge is 0.333 e. The van der Waals surface area contributed by atoms with Crippen molar-refractivity contribution < 1.29 is 18.8 Å². The number of nitrogens with zero attached hydrogens (tertiary/aromatic N) is 4. The Morgan fingerprint density at radius 2 is 1.66 bits per heavy atom. The molecule has 2 heterocycles. The Bertz CT molecular complexity index is 1720. The van der Waals surface area contributed by atoms with Gasteiger partial charge in [-0.2, -0.15) is 5.01 Å². The fourth-order valence-electron chi connectivity index (χ4n) is 6.10. The summed E-state index contributed by atoms with van der Waals surface area (Å²) in [6, 6.07) is 28.1. The topological polar surface area (TPSA) is 76.2 Å². The molecule has 0 bridgehead atoms. The minimum Gasteiger partial charge on any atom is -0.333 e. The van der Waals surface area contributed by atoms with Crippen LogP contribution in [0.5, 0.6) is 0 Å². The van der Waals surface area contributed by atoms with E-state index in [9.17, 15) is 18.8 Å². The van der Waals surface area contributed by atoms with Crippen molar-refractivity contribution in [1.29, 1.82) is 0 Å². The van der Waals surface area contributed by atoms with Crippen molar-refractivity contribution in [1.82, 2.24) is 25.1 Å². The normalized spacial score (nSPS) is 18.3. The minimum absolute atomic E-state index is 0.0574. The molecule has 2 aliphatic heterocycles. The van der Waals surface area contributed by atoms with Gasteiger partial charge < -0.3 is 15.1 Å². The van der Waals surface area contributed by atoms with Gasteiger partial charge in [-0.25, -0.2) is 14.2 Å². The number of urea groups is 1. The number of benzene rings is 4. The van der Waals surface area contributed by atoms with Crippen LogP contribution < -0.4 is 5.32 Å². The van der Waals surface area contributed by atoms with Crippen LogP contribution in [0.15, 0.2) is 97.1 Å². The minimum atomic E-state index is -0.841. The van der Waals surface area contributed by atoms with E-state index in [2.05, 4.69) is 11.2 Å². The number of hydrazine groups is 1. The number of piperazine rings is 1. The van der Waals surface area contributed by atoms with Crippen LogP contribution in [0, 0.1) is 18.2 Å². The number of fused-ring (bicyclic) bond motifs is 2. The van der Waals surface area contributed by atoms with Crippen LogP contribution in [0.1, 0.15) is 16.7 Å². The Labute approximate surface area is 255 Å². The van der Waals surface area contributed by atoms with Crippen molar-refractivity contribution in [2.24, 2.45) is 0 Å². The van der Waals surface area contributed by atoms with E-state index in [0.717, 1.165) is 27.5 Å². The van der Waals surface area contributed by atoms with Crippen molar-refractivity contribution in [3.05, 3.63) is 120 Å². The summed E-state index contributed by atoms with van der Waals surface area (Å²) in [5, 5.41) is 8.06. The number of hydrogen-bond donors (Lipinski definition) is 1. The lowest BCUT2D eigenvalue weighted by Gasteiger charge is -2.46. The monoisotopic (exact) mass is 589 g/mol. The smallest absolute Gasteiger partial charge is 0.333 e. The van der Waals surface area contributed by atoms with Gasteiger partial charge >= 0.3 is 6.03 Å². The lowest BCUT2D eigenvalue weighted by Crippen LogP contribution is -2.66. The summed E-state index contributed by atoms with van der Waals surface area (Å²) < 4.78 is 13.7. The third kappa shape index (κ3) is 5.85. The van der Waals surface area contributed by atoms with Gasteiger partial charge in [0.25, 0.3) is 0 Å². The second-order valence-electron chi connectivity index (χ2n) is 11.0. The zero-order valence-corrected chi connectivity index (χ0v) is 24.1. The molecule has 0 spiro atoms. The molecule has 2 atom stereocenters. The highest BCUT2D eigenvalue weighted by Gasteiger charge is 2.52. The van der Waals surface area contributed by atoms with Crippen LogP contribution in [0.25, 0.3) is 10.8 Å². The first-order valence-corrected chi connectivity index (χ1v) is 14.5. The maximum atomic E-state index is 14.1. The van der Waals surface area contributed by atoms with E-state index in [0.29, 0.717) is 6.54 Å². The van der Waals surface area contributed by atoms with Crippen molar-refractivity contribution in [3.63, 3.8) is 0 Å². The van der Waals surface area contributed by atoms with Crippen molar-refractivity contribution in [2.75, 3.05) is 19.6 Å². The van der Waals surface area contributed by atoms with Gasteiger partial charge in [0.2, 0.25) is 11.8 Å². The Hall–Kier alpha value is -5.20. The maximum absolute atomic E-state index is 14.1. The molecule has 0 saturated carbocycles. The van der Waals surface area contributed by atoms with Gasteiger partial charge in [0, 0.05) is 19.5 Å². The number of halogens is 1. The summed E-state index contributed by atoms with van der Waals surface area (Å²) in [6.07, 6.45) is 5.28. The second-order valence-corrected chi connectivity index (χ2v) is 11.0. The first-order chi connectivity index (χ1) is 21.4. The predicted octanol–water partition coefficient (Wildman–Crippen LogP) is 4.16. The molecule has 4 amide bonds. The van der Waals surface area contributed by atoms with Crippen LogP contribution in [-0.4, -0.2) is 69.5 Å². The van der Waals surface area contributed by atoms with Gasteiger partial charge in [-0.05, 0) is 39.6 Å². The van der Waals surface area contributed by atoms with Gasteiger partial charge in [-0.15, -0.1) is 6.42 Å². The van der Waals surface area contributed by atoms with Crippen molar-refractivity contribution in [2.45, 2.75) is 31.7 Å². The average Bonchev–Trinajstić information content (AvgIpc) is 3.37. The molecule has 0 radical (unpaired) electrons. The third-order valence-corrected chi connectivity index (χ3v) is 8.22. The number of carbonyl (C=O) groups excluding carboxylic acids is 3. The molecule has 4 aromatic carbocycles. The zero-order chi connectivity index (χ0) is 30.6. The molecule has 6 rings (SSSR count).